The summed E-state index contributed by atoms with van der Waals surface area (Å²) in [7, 11) is 3.14. The first-order valence-corrected chi connectivity index (χ1v) is 7.82. The lowest BCUT2D eigenvalue weighted by Crippen LogP contribution is -2.03. The van der Waals surface area contributed by atoms with Crippen molar-refractivity contribution in [1.29, 1.82) is 0 Å². The van der Waals surface area contributed by atoms with Gasteiger partial charge in [-0.1, -0.05) is 30.3 Å². The van der Waals surface area contributed by atoms with Crippen LogP contribution in [0, 0.1) is 0 Å². The van der Waals surface area contributed by atoms with Gasteiger partial charge < -0.3 is 19.3 Å². The Kier molecular flexibility index (Phi) is 3.58. The van der Waals surface area contributed by atoms with Gasteiger partial charge in [-0.2, -0.15) is 0 Å². The number of aliphatic hydroxyl groups excluding tert-OH is 1. The summed E-state index contributed by atoms with van der Waals surface area (Å²) in [5.41, 5.74) is 2.45. The van der Waals surface area contributed by atoms with Crippen LogP contribution in [0.4, 0.5) is 0 Å². The van der Waals surface area contributed by atoms with Crippen molar-refractivity contribution < 1.29 is 24.1 Å². The van der Waals surface area contributed by atoms with Crippen LogP contribution in [-0.4, -0.2) is 25.3 Å². The summed E-state index contributed by atoms with van der Waals surface area (Å²) >= 11 is 0. The molecule has 5 heteroatoms. The molecule has 0 unspecified atom stereocenters. The zero-order valence-corrected chi connectivity index (χ0v) is 13.8. The van der Waals surface area contributed by atoms with Gasteiger partial charge in [0.2, 0.25) is 0 Å². The maximum atomic E-state index is 12.5. The van der Waals surface area contributed by atoms with Gasteiger partial charge in [0.15, 0.2) is 11.5 Å². The van der Waals surface area contributed by atoms with Gasteiger partial charge in [-0.05, 0) is 23.1 Å². The van der Waals surface area contributed by atoms with E-state index in [-0.39, 0.29) is 6.61 Å². The standard InChI is InChI=1S/C20H16O5/c1-23-15-8-7-11(9-16(15)24-2)17-12-5-3-4-6-13(12)19-14(10-21)18(17)20(22)25-19/h3-9,21H,10H2,1-2H3. The van der Waals surface area contributed by atoms with Crippen molar-refractivity contribution in [2.45, 2.75) is 6.61 Å². The first-order chi connectivity index (χ1) is 12.2. The summed E-state index contributed by atoms with van der Waals surface area (Å²) < 4.78 is 16.1. The van der Waals surface area contributed by atoms with Crippen LogP contribution in [0.25, 0.3) is 21.9 Å². The molecule has 4 rings (SSSR count). The summed E-state index contributed by atoms with van der Waals surface area (Å²) in [4.78, 5) is 12.5. The Bertz CT molecular complexity index is 1010. The molecule has 0 saturated carbocycles. The Morgan fingerprint density at radius 1 is 0.960 bits per heavy atom. The minimum absolute atomic E-state index is 0.262. The molecule has 2 bridgehead atoms. The molecule has 0 saturated heterocycles. The smallest absolute Gasteiger partial charge is 0.344 e. The van der Waals surface area contributed by atoms with E-state index in [1.165, 1.54) is 0 Å². The monoisotopic (exact) mass is 336 g/mol. The van der Waals surface area contributed by atoms with E-state index in [4.69, 9.17) is 14.2 Å². The van der Waals surface area contributed by atoms with E-state index >= 15 is 0 Å². The predicted molar refractivity (Wildman–Crippen MR) is 93.4 cm³/mol. The van der Waals surface area contributed by atoms with Crippen LogP contribution in [-0.2, 0) is 6.61 Å². The molecule has 5 nitrogen and oxygen atoms in total. The van der Waals surface area contributed by atoms with E-state index in [9.17, 15) is 9.90 Å². The van der Waals surface area contributed by atoms with E-state index in [0.717, 1.165) is 21.9 Å². The summed E-state index contributed by atoms with van der Waals surface area (Å²) in [6, 6.07) is 13.1. The second-order valence-electron chi connectivity index (χ2n) is 5.72. The lowest BCUT2D eigenvalue weighted by molar-refractivity contribution is 0.0757. The number of rotatable bonds is 4. The van der Waals surface area contributed by atoms with Gasteiger partial charge in [0, 0.05) is 16.5 Å². The van der Waals surface area contributed by atoms with Gasteiger partial charge in [0.05, 0.1) is 26.4 Å². The van der Waals surface area contributed by atoms with Gasteiger partial charge in [-0.3, -0.25) is 0 Å². The normalized spacial score (nSPS) is 12.4. The van der Waals surface area contributed by atoms with Crippen LogP contribution >= 0.6 is 0 Å². The molecule has 0 radical (unpaired) electrons. The maximum absolute atomic E-state index is 12.5. The van der Waals surface area contributed by atoms with Crippen molar-refractivity contribution in [3.05, 3.63) is 53.6 Å². The Morgan fingerprint density at radius 2 is 1.68 bits per heavy atom. The molecule has 0 amide bonds. The maximum Gasteiger partial charge on any atom is 0.344 e. The highest BCUT2D eigenvalue weighted by molar-refractivity contribution is 6.16. The molecule has 0 fully saturated rings. The van der Waals surface area contributed by atoms with Gasteiger partial charge >= 0.3 is 5.97 Å². The fourth-order valence-corrected chi connectivity index (χ4v) is 3.39. The number of ether oxygens (including phenoxy) is 3. The van der Waals surface area contributed by atoms with Crippen molar-refractivity contribution in [2.75, 3.05) is 14.2 Å². The fraction of sp³-hybridized carbons (Fsp3) is 0.150. The molecule has 1 N–H and O–H groups in total. The quantitative estimate of drug-likeness (QED) is 0.738. The Morgan fingerprint density at radius 3 is 2.36 bits per heavy atom. The SMILES string of the molecule is COc1ccc(-c2c3c(CO)c(c4ccccc24)OC3=O)cc1OC. The van der Waals surface area contributed by atoms with Crippen molar-refractivity contribution in [1.82, 2.24) is 0 Å². The van der Waals surface area contributed by atoms with Gasteiger partial charge in [0.25, 0.3) is 0 Å². The first kappa shape index (κ1) is 15.5. The first-order valence-electron chi connectivity index (χ1n) is 7.82. The molecule has 0 atom stereocenters. The number of carbonyl (C=O) groups excluding carboxylic acids is 1. The van der Waals surface area contributed by atoms with E-state index in [0.29, 0.717) is 28.4 Å². The van der Waals surface area contributed by atoms with Crippen LogP contribution in [0.1, 0.15) is 15.9 Å². The second kappa shape index (κ2) is 5.79. The van der Waals surface area contributed by atoms with Crippen LogP contribution in [0.5, 0.6) is 17.2 Å². The third-order valence-electron chi connectivity index (χ3n) is 4.50. The molecule has 0 aliphatic carbocycles. The summed E-state index contributed by atoms with van der Waals surface area (Å²) in [6.45, 7) is -0.262. The molecule has 0 aromatic heterocycles. The van der Waals surface area contributed by atoms with Crippen LogP contribution in [0.15, 0.2) is 42.5 Å². The highest BCUT2D eigenvalue weighted by Gasteiger charge is 2.33. The summed E-state index contributed by atoms with van der Waals surface area (Å²) in [5.74, 6) is 1.17. The number of fused-ring (bicyclic) bond motifs is 4. The van der Waals surface area contributed by atoms with Crippen molar-refractivity contribution in [3.63, 3.8) is 0 Å². The molecule has 126 valence electrons. The van der Waals surface area contributed by atoms with Crippen molar-refractivity contribution in [2.24, 2.45) is 0 Å². The number of esters is 1. The highest BCUT2D eigenvalue weighted by atomic mass is 16.5. The Labute approximate surface area is 144 Å². The third-order valence-corrected chi connectivity index (χ3v) is 4.50. The molecule has 1 aliphatic heterocycles. The number of aliphatic hydroxyl groups is 1. The number of methoxy groups -OCH3 is 2. The minimum atomic E-state index is -0.444. The third kappa shape index (κ3) is 2.16. The molecular weight excluding hydrogens is 320 g/mol. The fourth-order valence-electron chi connectivity index (χ4n) is 3.39. The number of hydrogen-bond donors (Lipinski definition) is 1. The van der Waals surface area contributed by atoms with Crippen LogP contribution < -0.4 is 14.2 Å². The zero-order valence-electron chi connectivity index (χ0n) is 13.8. The lowest BCUT2D eigenvalue weighted by atomic mass is 9.90. The van der Waals surface area contributed by atoms with Crippen LogP contribution in [0.3, 0.4) is 0 Å². The molecule has 3 aromatic rings. The van der Waals surface area contributed by atoms with Gasteiger partial charge in [0.1, 0.15) is 5.75 Å². The van der Waals surface area contributed by atoms with E-state index < -0.39 is 5.97 Å². The van der Waals surface area contributed by atoms with Crippen LogP contribution in [0.2, 0.25) is 0 Å². The molecule has 1 heterocycles. The highest BCUT2D eigenvalue weighted by Crippen LogP contribution is 2.46. The molecule has 3 aromatic carbocycles. The largest absolute Gasteiger partial charge is 0.493 e. The molecule has 1 aliphatic rings. The average molecular weight is 336 g/mol. The Hall–Kier alpha value is -3.05. The van der Waals surface area contributed by atoms with Crippen molar-refractivity contribution >= 4 is 16.7 Å². The number of carbonyl (C=O) groups is 1. The lowest BCUT2D eigenvalue weighted by Gasteiger charge is -2.14. The summed E-state index contributed by atoms with van der Waals surface area (Å²) in [5, 5.41) is 11.5. The van der Waals surface area contributed by atoms with Gasteiger partial charge in [-0.25, -0.2) is 4.79 Å². The number of hydrogen-bond acceptors (Lipinski definition) is 5. The van der Waals surface area contributed by atoms with Crippen molar-refractivity contribution in [3.8, 4) is 28.4 Å². The average Bonchev–Trinajstić information content (AvgIpc) is 2.92. The predicted octanol–water partition coefficient (Wildman–Crippen LogP) is 3.55. The minimum Gasteiger partial charge on any atom is -0.493 e. The summed E-state index contributed by atoms with van der Waals surface area (Å²) in [6.07, 6.45) is 0. The second-order valence-corrected chi connectivity index (χ2v) is 5.72. The van der Waals surface area contributed by atoms with Gasteiger partial charge in [-0.15, -0.1) is 0 Å². The topological polar surface area (TPSA) is 65.0 Å². The molecular formula is C20H16O5. The molecule has 25 heavy (non-hydrogen) atoms. The number of benzene rings is 3. The van der Waals surface area contributed by atoms with E-state index in [1.54, 1.807) is 20.3 Å². The van der Waals surface area contributed by atoms with E-state index in [2.05, 4.69) is 0 Å². The van der Waals surface area contributed by atoms with E-state index in [1.807, 2.05) is 36.4 Å². The zero-order chi connectivity index (χ0) is 17.6. The molecule has 0 spiro atoms. The Balaban J connectivity index is 2.10.